The van der Waals surface area contributed by atoms with Crippen molar-refractivity contribution in [2.75, 3.05) is 6.61 Å². The number of aliphatic hydroxyl groups excluding tert-OH is 1. The van der Waals surface area contributed by atoms with E-state index in [0.29, 0.717) is 5.92 Å². The average molecular weight is 174 g/mol. The van der Waals surface area contributed by atoms with Gasteiger partial charge < -0.3 is 5.11 Å². The maximum atomic E-state index is 9.03. The van der Waals surface area contributed by atoms with E-state index in [1.54, 1.807) is 0 Å². The predicted octanol–water partition coefficient (Wildman–Crippen LogP) is 2.39. The summed E-state index contributed by atoms with van der Waals surface area (Å²) in [6.45, 7) is 2.36. The molecule has 1 aromatic rings. The van der Waals surface area contributed by atoms with E-state index >= 15 is 0 Å². The summed E-state index contributed by atoms with van der Waals surface area (Å²) < 4.78 is 0. The van der Waals surface area contributed by atoms with Crippen molar-refractivity contribution >= 4 is 5.57 Å². The second kappa shape index (κ2) is 3.35. The van der Waals surface area contributed by atoms with Crippen molar-refractivity contribution in [3.63, 3.8) is 0 Å². The molecular weight excluding hydrogens is 160 g/mol. The Morgan fingerprint density at radius 3 is 2.46 bits per heavy atom. The highest BCUT2D eigenvalue weighted by Gasteiger charge is 2.21. The number of hydrogen-bond donors (Lipinski definition) is 1. The van der Waals surface area contributed by atoms with Gasteiger partial charge in [0.05, 0.1) is 6.61 Å². The van der Waals surface area contributed by atoms with Crippen LogP contribution in [0.25, 0.3) is 5.57 Å². The summed E-state index contributed by atoms with van der Waals surface area (Å²) in [4.78, 5) is 0. The zero-order valence-corrected chi connectivity index (χ0v) is 7.83. The number of allylic oxidation sites excluding steroid dienone is 1. The van der Waals surface area contributed by atoms with Gasteiger partial charge in [-0.1, -0.05) is 35.9 Å². The molecule has 0 spiro atoms. The van der Waals surface area contributed by atoms with E-state index in [2.05, 4.69) is 37.3 Å². The highest BCUT2D eigenvalue weighted by atomic mass is 16.3. The second-order valence-corrected chi connectivity index (χ2v) is 3.64. The smallest absolute Gasteiger partial charge is 0.0502 e. The second-order valence-electron chi connectivity index (χ2n) is 3.64. The first-order valence-electron chi connectivity index (χ1n) is 4.69. The molecule has 0 heterocycles. The van der Waals surface area contributed by atoms with Crippen LogP contribution in [0, 0.1) is 12.8 Å². The molecule has 2 rings (SSSR count). The molecule has 1 aromatic carbocycles. The Hall–Kier alpha value is -1.08. The molecule has 1 aliphatic carbocycles. The SMILES string of the molecule is Cc1ccc(C2=CCC2CO)cc1. The van der Waals surface area contributed by atoms with Crippen LogP contribution in [0.2, 0.25) is 0 Å². The van der Waals surface area contributed by atoms with Crippen molar-refractivity contribution in [1.82, 2.24) is 0 Å². The summed E-state index contributed by atoms with van der Waals surface area (Å²) in [7, 11) is 0. The van der Waals surface area contributed by atoms with Gasteiger partial charge in [0.25, 0.3) is 0 Å². The molecule has 0 aliphatic heterocycles. The lowest BCUT2D eigenvalue weighted by Gasteiger charge is -2.25. The molecule has 68 valence electrons. The third-order valence-electron chi connectivity index (χ3n) is 2.67. The van der Waals surface area contributed by atoms with Crippen LogP contribution in [0.4, 0.5) is 0 Å². The van der Waals surface area contributed by atoms with E-state index in [1.807, 2.05) is 0 Å². The predicted molar refractivity (Wildman–Crippen MR) is 54.3 cm³/mol. The Bertz CT molecular complexity index is 321. The summed E-state index contributed by atoms with van der Waals surface area (Å²) in [5.41, 5.74) is 3.85. The van der Waals surface area contributed by atoms with Gasteiger partial charge in [-0.25, -0.2) is 0 Å². The normalized spacial score (nSPS) is 20.8. The first kappa shape index (κ1) is 8.52. The standard InChI is InChI=1S/C12H14O/c1-9-2-4-10(5-3-9)12-7-6-11(12)8-13/h2-5,7,11,13H,6,8H2,1H3. The Labute approximate surface area is 78.7 Å². The molecule has 0 saturated carbocycles. The summed E-state index contributed by atoms with van der Waals surface area (Å²) in [6, 6.07) is 8.48. The van der Waals surface area contributed by atoms with E-state index < -0.39 is 0 Å². The van der Waals surface area contributed by atoms with Crippen molar-refractivity contribution in [1.29, 1.82) is 0 Å². The molecule has 0 bridgehead atoms. The third kappa shape index (κ3) is 1.52. The molecule has 1 nitrogen and oxygen atoms in total. The number of aliphatic hydroxyl groups is 1. The Kier molecular flexibility index (Phi) is 2.19. The van der Waals surface area contributed by atoms with E-state index in [9.17, 15) is 0 Å². The molecule has 1 atom stereocenters. The van der Waals surface area contributed by atoms with Crippen LogP contribution in [-0.4, -0.2) is 11.7 Å². The topological polar surface area (TPSA) is 20.2 Å². The lowest BCUT2D eigenvalue weighted by Crippen LogP contribution is -2.15. The summed E-state index contributed by atoms with van der Waals surface area (Å²) >= 11 is 0. The molecule has 13 heavy (non-hydrogen) atoms. The van der Waals surface area contributed by atoms with Crippen LogP contribution >= 0.6 is 0 Å². The monoisotopic (exact) mass is 174 g/mol. The Morgan fingerprint density at radius 1 is 1.31 bits per heavy atom. The van der Waals surface area contributed by atoms with Gasteiger partial charge in [0.15, 0.2) is 0 Å². The zero-order chi connectivity index (χ0) is 9.26. The number of benzene rings is 1. The zero-order valence-electron chi connectivity index (χ0n) is 7.83. The van der Waals surface area contributed by atoms with Crippen molar-refractivity contribution < 1.29 is 5.11 Å². The first-order chi connectivity index (χ1) is 6.31. The lowest BCUT2D eigenvalue weighted by molar-refractivity contribution is 0.251. The van der Waals surface area contributed by atoms with E-state index in [-0.39, 0.29) is 6.61 Å². The van der Waals surface area contributed by atoms with E-state index in [0.717, 1.165) is 6.42 Å². The van der Waals surface area contributed by atoms with Gasteiger partial charge >= 0.3 is 0 Å². The van der Waals surface area contributed by atoms with Crippen LogP contribution in [0.5, 0.6) is 0 Å². The van der Waals surface area contributed by atoms with Gasteiger partial charge in [0.2, 0.25) is 0 Å². The lowest BCUT2D eigenvalue weighted by atomic mass is 9.81. The third-order valence-corrected chi connectivity index (χ3v) is 2.67. The fraction of sp³-hybridized carbons (Fsp3) is 0.333. The Balaban J connectivity index is 2.22. The fourth-order valence-corrected chi connectivity index (χ4v) is 1.67. The molecule has 1 aliphatic rings. The largest absolute Gasteiger partial charge is 0.396 e. The van der Waals surface area contributed by atoms with Crippen molar-refractivity contribution in [3.8, 4) is 0 Å². The number of hydrogen-bond acceptors (Lipinski definition) is 1. The van der Waals surface area contributed by atoms with Crippen LogP contribution in [-0.2, 0) is 0 Å². The van der Waals surface area contributed by atoms with Crippen molar-refractivity contribution in [2.24, 2.45) is 5.92 Å². The molecular formula is C12H14O. The molecule has 0 amide bonds. The highest BCUT2D eigenvalue weighted by molar-refractivity contribution is 5.72. The quantitative estimate of drug-likeness (QED) is 0.730. The molecule has 1 unspecified atom stereocenters. The fourth-order valence-electron chi connectivity index (χ4n) is 1.67. The Morgan fingerprint density at radius 2 is 2.00 bits per heavy atom. The van der Waals surface area contributed by atoms with Gasteiger partial charge in [-0.05, 0) is 24.5 Å². The van der Waals surface area contributed by atoms with Gasteiger partial charge in [0, 0.05) is 5.92 Å². The van der Waals surface area contributed by atoms with Crippen LogP contribution in [0.15, 0.2) is 30.3 Å². The molecule has 0 aromatic heterocycles. The van der Waals surface area contributed by atoms with Gasteiger partial charge in [-0.2, -0.15) is 0 Å². The molecule has 1 N–H and O–H groups in total. The molecule has 0 radical (unpaired) electrons. The summed E-state index contributed by atoms with van der Waals surface area (Å²) in [5, 5.41) is 9.03. The minimum Gasteiger partial charge on any atom is -0.396 e. The minimum atomic E-state index is 0.277. The molecule has 1 heteroatoms. The highest BCUT2D eigenvalue weighted by Crippen LogP contribution is 2.34. The van der Waals surface area contributed by atoms with Crippen LogP contribution < -0.4 is 0 Å². The minimum absolute atomic E-state index is 0.277. The summed E-state index contributed by atoms with van der Waals surface area (Å²) in [6.07, 6.45) is 3.23. The maximum Gasteiger partial charge on any atom is 0.0502 e. The van der Waals surface area contributed by atoms with Gasteiger partial charge in [-0.15, -0.1) is 0 Å². The van der Waals surface area contributed by atoms with E-state index in [4.69, 9.17) is 5.11 Å². The number of aryl methyl sites for hydroxylation is 1. The van der Waals surface area contributed by atoms with Crippen LogP contribution in [0.1, 0.15) is 17.5 Å². The molecule has 0 saturated heterocycles. The first-order valence-corrected chi connectivity index (χ1v) is 4.69. The van der Waals surface area contributed by atoms with Crippen molar-refractivity contribution in [2.45, 2.75) is 13.3 Å². The average Bonchev–Trinajstić information content (AvgIpc) is 2.08. The summed E-state index contributed by atoms with van der Waals surface area (Å²) in [5.74, 6) is 0.378. The van der Waals surface area contributed by atoms with Crippen LogP contribution in [0.3, 0.4) is 0 Å². The van der Waals surface area contributed by atoms with Crippen molar-refractivity contribution in [3.05, 3.63) is 41.5 Å². The molecule has 0 fully saturated rings. The van der Waals surface area contributed by atoms with Gasteiger partial charge in [-0.3, -0.25) is 0 Å². The van der Waals surface area contributed by atoms with E-state index in [1.165, 1.54) is 16.7 Å². The maximum absolute atomic E-state index is 9.03. The van der Waals surface area contributed by atoms with Gasteiger partial charge in [0.1, 0.15) is 0 Å². The number of rotatable bonds is 2.